The monoisotopic (exact) mass is 523 g/mol. The average Bonchev–Trinajstić information content (AvgIpc) is 3.75. The number of carbonyl (C=O) groups excluding carboxylic acids is 2. The van der Waals surface area contributed by atoms with Crippen molar-refractivity contribution in [2.24, 2.45) is 11.8 Å². The predicted octanol–water partition coefficient (Wildman–Crippen LogP) is 3.74. The first-order valence-corrected chi connectivity index (χ1v) is 13.1. The van der Waals surface area contributed by atoms with Gasteiger partial charge in [-0.25, -0.2) is 4.79 Å². The van der Waals surface area contributed by atoms with Gasteiger partial charge in [-0.2, -0.15) is 0 Å². The van der Waals surface area contributed by atoms with Gasteiger partial charge >= 0.3 is 5.97 Å². The lowest BCUT2D eigenvalue weighted by Crippen LogP contribution is -2.46. The Morgan fingerprint density at radius 1 is 1.13 bits per heavy atom. The van der Waals surface area contributed by atoms with E-state index in [0.29, 0.717) is 36.6 Å². The Balaban J connectivity index is 1.65. The van der Waals surface area contributed by atoms with Gasteiger partial charge in [-0.3, -0.25) is 14.5 Å². The summed E-state index contributed by atoms with van der Waals surface area (Å²) in [7, 11) is 3.38. The van der Waals surface area contributed by atoms with Gasteiger partial charge in [0.1, 0.15) is 12.4 Å². The molecule has 3 atom stereocenters. The fourth-order valence-corrected chi connectivity index (χ4v) is 4.82. The van der Waals surface area contributed by atoms with Crippen LogP contribution >= 0.6 is 0 Å². The van der Waals surface area contributed by atoms with Crippen molar-refractivity contribution in [3.05, 3.63) is 59.2 Å². The Bertz CT molecular complexity index is 1180. The van der Waals surface area contributed by atoms with Crippen molar-refractivity contribution < 1.29 is 29.0 Å². The highest BCUT2D eigenvalue weighted by Crippen LogP contribution is 2.32. The Kier molecular flexibility index (Phi) is 8.69. The average molecular weight is 524 g/mol. The van der Waals surface area contributed by atoms with E-state index in [2.05, 4.69) is 17.1 Å². The molecule has 9 heteroatoms. The number of ether oxygens (including phenoxy) is 2. The number of anilines is 1. The predicted molar refractivity (Wildman–Crippen MR) is 143 cm³/mol. The van der Waals surface area contributed by atoms with Gasteiger partial charge in [0.2, 0.25) is 5.91 Å². The molecular weight excluding hydrogens is 486 g/mol. The first-order chi connectivity index (χ1) is 18.2. The topological polar surface area (TPSA) is 108 Å². The van der Waals surface area contributed by atoms with Crippen molar-refractivity contribution in [2.45, 2.75) is 45.4 Å². The minimum atomic E-state index is -0.962. The largest absolute Gasteiger partial charge is 0.491 e. The number of nitrogens with one attached hydrogen (secondary N) is 1. The molecule has 0 aromatic heterocycles. The van der Waals surface area contributed by atoms with Gasteiger partial charge < -0.3 is 24.8 Å². The summed E-state index contributed by atoms with van der Waals surface area (Å²) in [6.07, 6.45) is 1.57. The molecule has 1 aliphatic carbocycles. The van der Waals surface area contributed by atoms with E-state index in [1.165, 1.54) is 0 Å². The molecule has 2 aliphatic rings. The number of carboxylic acids is 1. The van der Waals surface area contributed by atoms with Crippen molar-refractivity contribution in [1.29, 1.82) is 0 Å². The molecular formula is C29H37N3O6. The maximum atomic E-state index is 13.4. The van der Waals surface area contributed by atoms with Gasteiger partial charge in [0.05, 0.1) is 17.2 Å². The standard InChI is InChI=1S/C29H37N3O6/c1-18-14-32(15-21-7-5-6-8-23(21)29(35)36)19(2)17-38-25-13-22(30-27(33)20-9-10-20)11-12-24(25)28(34)31(3)16-26(18)37-4/h5-8,11-13,18-20,26H,9-10,14-17H2,1-4H3,(H,30,33)(H,35,36)/t18-,19-,26-/m1/s1. The minimum absolute atomic E-state index is 0.0184. The number of nitrogens with zero attached hydrogens (tertiary/aromatic N) is 2. The van der Waals surface area contributed by atoms with Crippen LogP contribution in [0.4, 0.5) is 5.69 Å². The summed E-state index contributed by atoms with van der Waals surface area (Å²) in [5, 5.41) is 12.6. The highest BCUT2D eigenvalue weighted by molar-refractivity contribution is 5.99. The minimum Gasteiger partial charge on any atom is -0.491 e. The van der Waals surface area contributed by atoms with Crippen LogP contribution in [0.1, 0.15) is 53.0 Å². The second-order valence-electron chi connectivity index (χ2n) is 10.5. The van der Waals surface area contributed by atoms with E-state index in [4.69, 9.17) is 9.47 Å². The van der Waals surface area contributed by atoms with E-state index in [9.17, 15) is 19.5 Å². The summed E-state index contributed by atoms with van der Waals surface area (Å²) in [5.41, 5.74) is 1.99. The highest BCUT2D eigenvalue weighted by Gasteiger charge is 2.31. The van der Waals surface area contributed by atoms with E-state index in [1.807, 2.05) is 19.1 Å². The number of methoxy groups -OCH3 is 1. The van der Waals surface area contributed by atoms with E-state index in [0.717, 1.165) is 18.4 Å². The first kappa shape index (κ1) is 27.6. The van der Waals surface area contributed by atoms with Crippen LogP contribution in [0.5, 0.6) is 5.75 Å². The molecule has 0 unspecified atom stereocenters. The molecule has 1 heterocycles. The zero-order valence-corrected chi connectivity index (χ0v) is 22.5. The summed E-state index contributed by atoms with van der Waals surface area (Å²) in [6, 6.07) is 12.0. The Labute approximate surface area is 223 Å². The smallest absolute Gasteiger partial charge is 0.336 e. The summed E-state index contributed by atoms with van der Waals surface area (Å²) in [5.74, 6) is -0.661. The normalized spacial score (nSPS) is 23.0. The number of carboxylic acid groups (broad SMARTS) is 1. The van der Waals surface area contributed by atoms with Crippen molar-refractivity contribution in [2.75, 3.05) is 39.2 Å². The Morgan fingerprint density at radius 2 is 1.87 bits per heavy atom. The van der Waals surface area contributed by atoms with Crippen LogP contribution in [-0.2, 0) is 16.1 Å². The van der Waals surface area contributed by atoms with E-state index >= 15 is 0 Å². The lowest BCUT2D eigenvalue weighted by molar-refractivity contribution is -0.117. The van der Waals surface area contributed by atoms with E-state index < -0.39 is 5.97 Å². The molecule has 2 aromatic rings. The van der Waals surface area contributed by atoms with Crippen LogP contribution in [0, 0.1) is 11.8 Å². The van der Waals surface area contributed by atoms with E-state index in [1.54, 1.807) is 49.4 Å². The molecule has 1 saturated carbocycles. The molecule has 0 bridgehead atoms. The molecule has 1 fully saturated rings. The third kappa shape index (κ3) is 6.52. The molecule has 9 nitrogen and oxygen atoms in total. The van der Waals surface area contributed by atoms with Crippen molar-refractivity contribution in [3.8, 4) is 5.75 Å². The van der Waals surface area contributed by atoms with Crippen LogP contribution < -0.4 is 10.1 Å². The third-order valence-electron chi connectivity index (χ3n) is 7.41. The zero-order chi connectivity index (χ0) is 27.4. The van der Waals surface area contributed by atoms with Gasteiger partial charge in [0, 0.05) is 57.5 Å². The fraction of sp³-hybridized carbons (Fsp3) is 0.483. The number of benzene rings is 2. The second-order valence-corrected chi connectivity index (χ2v) is 10.5. The lowest BCUT2D eigenvalue weighted by atomic mass is 10.00. The molecule has 1 aliphatic heterocycles. The lowest BCUT2D eigenvalue weighted by Gasteiger charge is -2.36. The summed E-state index contributed by atoms with van der Waals surface area (Å²) in [6.45, 7) is 5.78. The molecule has 0 spiro atoms. The van der Waals surface area contributed by atoms with Gasteiger partial charge in [-0.05, 0) is 49.4 Å². The summed E-state index contributed by atoms with van der Waals surface area (Å²) >= 11 is 0. The number of rotatable bonds is 6. The highest BCUT2D eigenvalue weighted by atomic mass is 16.5. The number of fused-ring (bicyclic) bond motifs is 1. The van der Waals surface area contributed by atoms with Crippen LogP contribution in [0.15, 0.2) is 42.5 Å². The van der Waals surface area contributed by atoms with Crippen LogP contribution in [0.2, 0.25) is 0 Å². The van der Waals surface area contributed by atoms with Crippen molar-refractivity contribution in [1.82, 2.24) is 9.80 Å². The second kappa shape index (κ2) is 12.0. The zero-order valence-electron chi connectivity index (χ0n) is 22.5. The number of likely N-dealkylation sites (N-methyl/N-ethyl adjacent to an activating group) is 1. The van der Waals surface area contributed by atoms with Gasteiger partial charge in [0.15, 0.2) is 0 Å². The van der Waals surface area contributed by atoms with Gasteiger partial charge in [-0.15, -0.1) is 0 Å². The van der Waals surface area contributed by atoms with Crippen LogP contribution in [-0.4, -0.2) is 78.7 Å². The molecule has 0 radical (unpaired) electrons. The SMILES string of the molecule is CO[C@@H]1CN(C)C(=O)c2ccc(NC(=O)C3CC3)cc2OC[C@@H](C)N(Cc2ccccc2C(=O)O)C[C@H]1C. The molecule has 4 rings (SSSR count). The number of hydrogen-bond donors (Lipinski definition) is 2. The number of carbonyl (C=O) groups is 3. The van der Waals surface area contributed by atoms with Crippen LogP contribution in [0.3, 0.4) is 0 Å². The molecule has 2 N–H and O–H groups in total. The molecule has 204 valence electrons. The van der Waals surface area contributed by atoms with Crippen molar-refractivity contribution >= 4 is 23.5 Å². The quantitative estimate of drug-likeness (QED) is 0.594. The summed E-state index contributed by atoms with van der Waals surface area (Å²) in [4.78, 5) is 41.4. The summed E-state index contributed by atoms with van der Waals surface area (Å²) < 4.78 is 12.0. The number of aromatic carboxylic acids is 1. The third-order valence-corrected chi connectivity index (χ3v) is 7.41. The first-order valence-electron chi connectivity index (χ1n) is 13.1. The maximum absolute atomic E-state index is 13.4. The number of amides is 2. The fourth-order valence-electron chi connectivity index (χ4n) is 4.82. The Morgan fingerprint density at radius 3 is 2.55 bits per heavy atom. The molecule has 0 saturated heterocycles. The van der Waals surface area contributed by atoms with Crippen LogP contribution in [0.25, 0.3) is 0 Å². The Hall–Kier alpha value is -3.43. The van der Waals surface area contributed by atoms with Gasteiger partial charge in [-0.1, -0.05) is 25.1 Å². The molecule has 2 aromatic carbocycles. The maximum Gasteiger partial charge on any atom is 0.336 e. The molecule has 38 heavy (non-hydrogen) atoms. The number of hydrogen-bond acceptors (Lipinski definition) is 6. The van der Waals surface area contributed by atoms with Crippen molar-refractivity contribution in [3.63, 3.8) is 0 Å². The van der Waals surface area contributed by atoms with E-state index in [-0.39, 0.29) is 48.0 Å². The van der Waals surface area contributed by atoms with Gasteiger partial charge in [0.25, 0.3) is 5.91 Å². The molecule has 2 amide bonds.